The van der Waals surface area contributed by atoms with E-state index >= 15 is 0 Å². The average molecular weight is 249 g/mol. The van der Waals surface area contributed by atoms with Crippen LogP contribution in [0, 0.1) is 19.8 Å². The van der Waals surface area contributed by atoms with Gasteiger partial charge in [-0.3, -0.25) is 4.79 Å². The fourth-order valence-corrected chi connectivity index (χ4v) is 3.09. The lowest BCUT2D eigenvalue weighted by atomic mass is 10.1. The number of aromatic carboxylic acids is 1. The largest absolute Gasteiger partial charge is 0.478 e. The van der Waals surface area contributed by atoms with E-state index in [-0.39, 0.29) is 17.2 Å². The molecule has 98 valence electrons. The van der Waals surface area contributed by atoms with Crippen LogP contribution in [0.2, 0.25) is 0 Å². The normalized spacial score (nSPS) is 23.3. The number of rotatable bonds is 2. The Morgan fingerprint density at radius 2 is 2.06 bits per heavy atom. The Balaban J connectivity index is 2.57. The summed E-state index contributed by atoms with van der Waals surface area (Å²) >= 11 is 0. The first-order valence-electron chi connectivity index (χ1n) is 6.37. The van der Waals surface area contributed by atoms with Crippen molar-refractivity contribution in [2.45, 2.75) is 46.1 Å². The number of nitrogens with zero attached hydrogens (tertiary/aromatic N) is 1. The van der Waals surface area contributed by atoms with E-state index in [1.165, 1.54) is 6.07 Å². The van der Waals surface area contributed by atoms with Gasteiger partial charge in [0, 0.05) is 17.8 Å². The molecule has 0 bridgehead atoms. The average Bonchev–Trinajstić information content (AvgIpc) is 2.63. The Bertz CT molecular complexity index is 545. The summed E-state index contributed by atoms with van der Waals surface area (Å²) < 4.78 is 1.68. The summed E-state index contributed by atoms with van der Waals surface area (Å²) in [5.74, 6) is -0.347. The van der Waals surface area contributed by atoms with Gasteiger partial charge in [0.25, 0.3) is 5.56 Å². The van der Waals surface area contributed by atoms with Crippen LogP contribution in [0.3, 0.4) is 0 Å². The predicted octanol–water partition coefficient (Wildman–Crippen LogP) is 2.52. The molecule has 0 aromatic carbocycles. The second-order valence-corrected chi connectivity index (χ2v) is 5.37. The van der Waals surface area contributed by atoms with E-state index in [1.807, 2.05) is 0 Å². The molecule has 0 radical (unpaired) electrons. The predicted molar refractivity (Wildman–Crippen MR) is 69.2 cm³/mol. The summed E-state index contributed by atoms with van der Waals surface area (Å²) in [4.78, 5) is 23.4. The van der Waals surface area contributed by atoms with Crippen LogP contribution in [0.4, 0.5) is 0 Å². The molecule has 1 aromatic rings. The Kier molecular flexibility index (Phi) is 3.28. The van der Waals surface area contributed by atoms with E-state index in [4.69, 9.17) is 0 Å². The molecule has 0 amide bonds. The maximum absolute atomic E-state index is 12.1. The van der Waals surface area contributed by atoms with Crippen molar-refractivity contribution in [1.29, 1.82) is 0 Å². The van der Waals surface area contributed by atoms with Crippen LogP contribution in [-0.4, -0.2) is 15.6 Å². The van der Waals surface area contributed by atoms with Crippen molar-refractivity contribution in [2.24, 2.45) is 5.92 Å². The molecular formula is C14H19NO3. The van der Waals surface area contributed by atoms with E-state index in [9.17, 15) is 14.7 Å². The van der Waals surface area contributed by atoms with Crippen molar-refractivity contribution >= 4 is 5.97 Å². The zero-order chi connectivity index (χ0) is 13.4. The first-order chi connectivity index (χ1) is 8.41. The number of aromatic nitrogens is 1. The minimum Gasteiger partial charge on any atom is -0.478 e. The summed E-state index contributed by atoms with van der Waals surface area (Å²) in [6.45, 7) is 5.59. The van der Waals surface area contributed by atoms with Crippen molar-refractivity contribution in [3.8, 4) is 0 Å². The standard InChI is InChI=1S/C14H19NO3/c1-8-4-5-11(6-8)15-10(3)13(14(17)18)9(2)7-12(15)16/h7-8,11H,4-6H2,1-3H3,(H,17,18). The van der Waals surface area contributed by atoms with Crippen molar-refractivity contribution in [3.05, 3.63) is 33.2 Å². The SMILES string of the molecule is Cc1cc(=O)n(C2CCC(C)C2)c(C)c1C(=O)O. The zero-order valence-electron chi connectivity index (χ0n) is 11.1. The number of hydrogen-bond acceptors (Lipinski definition) is 2. The van der Waals surface area contributed by atoms with Crippen LogP contribution in [0.25, 0.3) is 0 Å². The van der Waals surface area contributed by atoms with Gasteiger partial charge in [-0.1, -0.05) is 6.92 Å². The van der Waals surface area contributed by atoms with Gasteiger partial charge in [0.1, 0.15) is 0 Å². The van der Waals surface area contributed by atoms with Crippen molar-refractivity contribution in [3.63, 3.8) is 0 Å². The first kappa shape index (κ1) is 12.9. The quantitative estimate of drug-likeness (QED) is 0.876. The van der Waals surface area contributed by atoms with E-state index in [0.29, 0.717) is 17.2 Å². The molecule has 4 heteroatoms. The Morgan fingerprint density at radius 3 is 2.56 bits per heavy atom. The Labute approximate surface area is 106 Å². The lowest BCUT2D eigenvalue weighted by Gasteiger charge is -2.19. The molecule has 0 aliphatic heterocycles. The van der Waals surface area contributed by atoms with Gasteiger partial charge in [0.15, 0.2) is 0 Å². The maximum Gasteiger partial charge on any atom is 0.337 e. The topological polar surface area (TPSA) is 59.3 Å². The number of pyridine rings is 1. The number of carbonyl (C=O) groups is 1. The van der Waals surface area contributed by atoms with Gasteiger partial charge >= 0.3 is 5.97 Å². The lowest BCUT2D eigenvalue weighted by molar-refractivity contribution is 0.0694. The molecule has 0 saturated heterocycles. The minimum absolute atomic E-state index is 0.0749. The molecule has 1 aliphatic carbocycles. The molecule has 18 heavy (non-hydrogen) atoms. The fraction of sp³-hybridized carbons (Fsp3) is 0.571. The van der Waals surface area contributed by atoms with Gasteiger partial charge in [-0.2, -0.15) is 0 Å². The van der Waals surface area contributed by atoms with Crippen LogP contribution in [0.1, 0.15) is 53.8 Å². The van der Waals surface area contributed by atoms with Gasteiger partial charge < -0.3 is 9.67 Å². The second-order valence-electron chi connectivity index (χ2n) is 5.37. The summed E-state index contributed by atoms with van der Waals surface area (Å²) in [7, 11) is 0. The van der Waals surface area contributed by atoms with Crippen LogP contribution < -0.4 is 5.56 Å². The molecular weight excluding hydrogens is 230 g/mol. The summed E-state index contributed by atoms with van der Waals surface area (Å²) in [6, 6.07) is 1.60. The molecule has 2 rings (SSSR count). The minimum atomic E-state index is -0.954. The Morgan fingerprint density at radius 1 is 1.39 bits per heavy atom. The van der Waals surface area contributed by atoms with Gasteiger partial charge in [0.05, 0.1) is 5.56 Å². The van der Waals surface area contributed by atoms with E-state index in [2.05, 4.69) is 6.92 Å². The number of hydrogen-bond donors (Lipinski definition) is 1. The summed E-state index contributed by atoms with van der Waals surface area (Å²) in [5, 5.41) is 9.24. The van der Waals surface area contributed by atoms with Gasteiger partial charge in [-0.15, -0.1) is 0 Å². The monoisotopic (exact) mass is 249 g/mol. The molecule has 2 unspecified atom stereocenters. The van der Waals surface area contributed by atoms with Crippen molar-refractivity contribution in [1.82, 2.24) is 4.57 Å². The first-order valence-corrected chi connectivity index (χ1v) is 6.37. The highest BCUT2D eigenvalue weighted by Gasteiger charge is 2.26. The molecule has 2 atom stereocenters. The zero-order valence-corrected chi connectivity index (χ0v) is 11.1. The molecule has 4 nitrogen and oxygen atoms in total. The second kappa shape index (κ2) is 4.59. The lowest BCUT2D eigenvalue weighted by Crippen LogP contribution is -2.28. The van der Waals surface area contributed by atoms with Crippen LogP contribution in [0.15, 0.2) is 10.9 Å². The molecule has 1 aromatic heterocycles. The molecule has 1 N–H and O–H groups in total. The Hall–Kier alpha value is -1.58. The van der Waals surface area contributed by atoms with E-state index in [1.54, 1.807) is 18.4 Å². The molecule has 1 fully saturated rings. The van der Waals surface area contributed by atoms with E-state index < -0.39 is 5.97 Å². The maximum atomic E-state index is 12.1. The molecule has 0 spiro atoms. The van der Waals surface area contributed by atoms with Crippen LogP contribution in [0.5, 0.6) is 0 Å². The highest BCUT2D eigenvalue weighted by molar-refractivity contribution is 5.90. The third-order valence-electron chi connectivity index (χ3n) is 3.94. The summed E-state index contributed by atoms with van der Waals surface area (Å²) in [6.07, 6.45) is 3.03. The van der Waals surface area contributed by atoms with Crippen LogP contribution >= 0.6 is 0 Å². The van der Waals surface area contributed by atoms with Crippen molar-refractivity contribution < 1.29 is 9.90 Å². The van der Waals surface area contributed by atoms with Crippen molar-refractivity contribution in [2.75, 3.05) is 0 Å². The summed E-state index contributed by atoms with van der Waals surface area (Å²) in [5.41, 5.74) is 1.34. The number of aryl methyl sites for hydroxylation is 1. The van der Waals surface area contributed by atoms with Gasteiger partial charge in [0.2, 0.25) is 0 Å². The third kappa shape index (κ3) is 2.07. The molecule has 1 heterocycles. The highest BCUT2D eigenvalue weighted by atomic mass is 16.4. The van der Waals surface area contributed by atoms with Gasteiger partial charge in [-0.05, 0) is 44.6 Å². The number of carboxylic acids is 1. The third-order valence-corrected chi connectivity index (χ3v) is 3.94. The number of carboxylic acid groups (broad SMARTS) is 1. The molecule has 1 aliphatic rings. The van der Waals surface area contributed by atoms with Crippen LogP contribution in [-0.2, 0) is 0 Å². The smallest absolute Gasteiger partial charge is 0.337 e. The highest BCUT2D eigenvalue weighted by Crippen LogP contribution is 2.34. The van der Waals surface area contributed by atoms with E-state index in [0.717, 1.165) is 19.3 Å². The van der Waals surface area contributed by atoms with Gasteiger partial charge in [-0.25, -0.2) is 4.79 Å². The molecule has 1 saturated carbocycles. The fourth-order valence-electron chi connectivity index (χ4n) is 3.09.